The van der Waals surface area contributed by atoms with E-state index in [1.807, 2.05) is 0 Å². The van der Waals surface area contributed by atoms with E-state index in [0.717, 1.165) is 5.69 Å². The molecule has 0 fully saturated rings. The van der Waals surface area contributed by atoms with Crippen LogP contribution in [0.4, 0.5) is 4.39 Å². The van der Waals surface area contributed by atoms with Gasteiger partial charge in [-0.2, -0.15) is 5.10 Å². The summed E-state index contributed by atoms with van der Waals surface area (Å²) in [5.74, 6) is -2.27. The number of amides is 1. The molecule has 0 bridgehead atoms. The van der Waals surface area contributed by atoms with E-state index in [1.54, 1.807) is 41.1 Å². The lowest BCUT2D eigenvalue weighted by Gasteiger charge is -2.06. The molecule has 0 aliphatic rings. The number of carboxylic acids is 1. The molecule has 0 atom stereocenters. The Balaban J connectivity index is 1.74. The molecule has 26 heavy (non-hydrogen) atoms. The molecule has 6 nitrogen and oxygen atoms in total. The van der Waals surface area contributed by atoms with E-state index in [2.05, 4.69) is 10.5 Å². The summed E-state index contributed by atoms with van der Waals surface area (Å²) in [6, 6.07) is 15.5. The van der Waals surface area contributed by atoms with E-state index in [4.69, 9.17) is 5.11 Å². The van der Waals surface area contributed by atoms with Crippen molar-refractivity contribution < 1.29 is 19.1 Å². The Kier molecular flexibility index (Phi) is 4.89. The lowest BCUT2D eigenvalue weighted by molar-refractivity contribution is 0.0696. The number of hydrazone groups is 1. The van der Waals surface area contributed by atoms with E-state index in [9.17, 15) is 14.0 Å². The number of carbonyl (C=O) groups excluding carboxylic acids is 1. The molecule has 2 N–H and O–H groups in total. The molecule has 3 aromatic rings. The molecular weight excluding hydrogens is 337 g/mol. The van der Waals surface area contributed by atoms with Crippen LogP contribution < -0.4 is 5.43 Å². The van der Waals surface area contributed by atoms with Crippen molar-refractivity contribution in [2.24, 2.45) is 5.10 Å². The van der Waals surface area contributed by atoms with Gasteiger partial charge in [-0.3, -0.25) is 4.79 Å². The molecule has 0 unspecified atom stereocenters. The minimum atomic E-state index is -0.998. The molecule has 2 aromatic carbocycles. The van der Waals surface area contributed by atoms with Crippen molar-refractivity contribution in [3.63, 3.8) is 0 Å². The highest BCUT2D eigenvalue weighted by molar-refractivity contribution is 5.95. The number of hydrogen-bond donors (Lipinski definition) is 2. The first-order valence-corrected chi connectivity index (χ1v) is 7.65. The van der Waals surface area contributed by atoms with Crippen molar-refractivity contribution in [3.8, 4) is 5.69 Å². The van der Waals surface area contributed by atoms with Crippen molar-refractivity contribution in [1.29, 1.82) is 0 Å². The summed E-state index contributed by atoms with van der Waals surface area (Å²) in [6.07, 6.45) is 3.19. The summed E-state index contributed by atoms with van der Waals surface area (Å²) in [5, 5.41) is 12.8. The van der Waals surface area contributed by atoms with Crippen LogP contribution in [0, 0.1) is 5.82 Å². The zero-order valence-corrected chi connectivity index (χ0v) is 13.5. The molecule has 0 saturated heterocycles. The fourth-order valence-corrected chi connectivity index (χ4v) is 2.36. The second kappa shape index (κ2) is 7.43. The van der Waals surface area contributed by atoms with Crippen LogP contribution in [0.2, 0.25) is 0 Å². The summed E-state index contributed by atoms with van der Waals surface area (Å²) in [6.45, 7) is 0. The van der Waals surface area contributed by atoms with Crippen LogP contribution in [0.15, 0.2) is 72.0 Å². The van der Waals surface area contributed by atoms with Gasteiger partial charge in [0.05, 0.1) is 23.0 Å². The zero-order chi connectivity index (χ0) is 18.5. The van der Waals surface area contributed by atoms with Crippen molar-refractivity contribution in [2.75, 3.05) is 0 Å². The zero-order valence-electron chi connectivity index (χ0n) is 13.5. The first kappa shape index (κ1) is 17.1. The van der Waals surface area contributed by atoms with Gasteiger partial charge in [-0.15, -0.1) is 0 Å². The van der Waals surface area contributed by atoms with E-state index >= 15 is 0 Å². The van der Waals surface area contributed by atoms with Gasteiger partial charge in [0, 0.05) is 11.9 Å². The van der Waals surface area contributed by atoms with Crippen LogP contribution in [0.5, 0.6) is 0 Å². The van der Waals surface area contributed by atoms with Crippen molar-refractivity contribution in [1.82, 2.24) is 9.99 Å². The van der Waals surface area contributed by atoms with Crippen LogP contribution >= 0.6 is 0 Å². The predicted molar refractivity (Wildman–Crippen MR) is 94.2 cm³/mol. The second-order valence-corrected chi connectivity index (χ2v) is 5.33. The summed E-state index contributed by atoms with van der Waals surface area (Å²) in [7, 11) is 0. The first-order valence-electron chi connectivity index (χ1n) is 7.65. The van der Waals surface area contributed by atoms with Gasteiger partial charge in [-0.25, -0.2) is 14.6 Å². The fourth-order valence-electron chi connectivity index (χ4n) is 2.36. The monoisotopic (exact) mass is 351 g/mol. The van der Waals surface area contributed by atoms with Gasteiger partial charge < -0.3 is 9.67 Å². The van der Waals surface area contributed by atoms with E-state index in [0.29, 0.717) is 5.69 Å². The number of halogens is 1. The Labute approximate surface area is 148 Å². The molecule has 0 aliphatic carbocycles. The third-order valence-electron chi connectivity index (χ3n) is 3.65. The van der Waals surface area contributed by atoms with Crippen molar-refractivity contribution in [3.05, 3.63) is 89.5 Å². The summed E-state index contributed by atoms with van der Waals surface area (Å²) in [4.78, 5) is 22.8. The first-order chi connectivity index (χ1) is 12.6. The lowest BCUT2D eigenvalue weighted by atomic mass is 10.2. The average molecular weight is 351 g/mol. The predicted octanol–water partition coefficient (Wildman–Crippen LogP) is 3.08. The number of aromatic carboxylic acids is 1. The lowest BCUT2D eigenvalue weighted by Crippen LogP contribution is -2.19. The van der Waals surface area contributed by atoms with E-state index < -0.39 is 17.7 Å². The molecular formula is C19H14FN3O3. The van der Waals surface area contributed by atoms with Gasteiger partial charge in [-0.1, -0.05) is 12.1 Å². The van der Waals surface area contributed by atoms with Gasteiger partial charge in [-0.05, 0) is 48.5 Å². The highest BCUT2D eigenvalue weighted by Gasteiger charge is 2.09. The maximum absolute atomic E-state index is 13.6. The quantitative estimate of drug-likeness (QED) is 0.547. The molecule has 1 aromatic heterocycles. The van der Waals surface area contributed by atoms with Gasteiger partial charge >= 0.3 is 5.97 Å². The SMILES string of the molecule is O=C(O)c1ccc(-n2cccc2/C=N\NC(=O)c2ccccc2F)cc1. The van der Waals surface area contributed by atoms with Gasteiger partial charge in [0.25, 0.3) is 5.91 Å². The van der Waals surface area contributed by atoms with Crippen LogP contribution in [0.1, 0.15) is 26.4 Å². The van der Waals surface area contributed by atoms with E-state index in [1.165, 1.54) is 36.5 Å². The van der Waals surface area contributed by atoms with Crippen LogP contribution in [0.25, 0.3) is 5.69 Å². The number of benzene rings is 2. The standard InChI is InChI=1S/C19H14FN3O3/c20-17-6-2-1-5-16(17)18(24)22-21-12-15-4-3-11-23(15)14-9-7-13(8-10-14)19(25)26/h1-12H,(H,22,24)(H,25,26)/b21-12-. The number of nitrogens with zero attached hydrogens (tertiary/aromatic N) is 2. The Morgan fingerprint density at radius 1 is 1.04 bits per heavy atom. The molecule has 0 saturated carbocycles. The molecule has 0 aliphatic heterocycles. The number of carbonyl (C=O) groups is 2. The van der Waals surface area contributed by atoms with Crippen LogP contribution in [0.3, 0.4) is 0 Å². The summed E-state index contributed by atoms with van der Waals surface area (Å²) >= 11 is 0. The minimum Gasteiger partial charge on any atom is -0.478 e. The maximum atomic E-state index is 13.6. The van der Waals surface area contributed by atoms with Gasteiger partial charge in [0.15, 0.2) is 0 Å². The smallest absolute Gasteiger partial charge is 0.335 e. The highest BCUT2D eigenvalue weighted by atomic mass is 19.1. The number of nitrogens with one attached hydrogen (secondary N) is 1. The number of hydrogen-bond acceptors (Lipinski definition) is 3. The Bertz CT molecular complexity index is 978. The van der Waals surface area contributed by atoms with Crippen molar-refractivity contribution >= 4 is 18.1 Å². The molecule has 0 radical (unpaired) electrons. The summed E-state index contributed by atoms with van der Waals surface area (Å²) in [5.41, 5.74) is 3.77. The van der Waals surface area contributed by atoms with Gasteiger partial charge in [0.1, 0.15) is 5.82 Å². The number of aromatic nitrogens is 1. The largest absolute Gasteiger partial charge is 0.478 e. The second-order valence-electron chi connectivity index (χ2n) is 5.33. The highest BCUT2D eigenvalue weighted by Crippen LogP contribution is 2.13. The Morgan fingerprint density at radius 3 is 2.46 bits per heavy atom. The number of carboxylic acid groups (broad SMARTS) is 1. The molecule has 1 heterocycles. The maximum Gasteiger partial charge on any atom is 0.335 e. The fraction of sp³-hybridized carbons (Fsp3) is 0. The van der Waals surface area contributed by atoms with Gasteiger partial charge in [0.2, 0.25) is 0 Å². The molecule has 0 spiro atoms. The molecule has 1 amide bonds. The normalized spacial score (nSPS) is 10.8. The van der Waals surface area contributed by atoms with Crippen molar-refractivity contribution in [2.45, 2.75) is 0 Å². The molecule has 3 rings (SSSR count). The topological polar surface area (TPSA) is 83.7 Å². The minimum absolute atomic E-state index is 0.0932. The van der Waals surface area contributed by atoms with Crippen LogP contribution in [-0.4, -0.2) is 27.8 Å². The molecule has 7 heteroatoms. The Morgan fingerprint density at radius 2 is 1.77 bits per heavy atom. The third kappa shape index (κ3) is 3.67. The number of rotatable bonds is 5. The average Bonchev–Trinajstić information content (AvgIpc) is 3.10. The van der Waals surface area contributed by atoms with E-state index in [-0.39, 0.29) is 11.1 Å². The Hall–Kier alpha value is -3.74. The third-order valence-corrected chi connectivity index (χ3v) is 3.65. The summed E-state index contributed by atoms with van der Waals surface area (Å²) < 4.78 is 15.3. The van der Waals surface area contributed by atoms with Crippen LogP contribution in [-0.2, 0) is 0 Å². The molecule has 130 valence electrons.